The van der Waals surface area contributed by atoms with Gasteiger partial charge >= 0.3 is 0 Å². The molecule has 0 saturated heterocycles. The molecular formula is C16H24N4O. The second-order valence-electron chi connectivity index (χ2n) is 4.86. The van der Waals surface area contributed by atoms with Crippen molar-refractivity contribution in [1.82, 2.24) is 20.3 Å². The summed E-state index contributed by atoms with van der Waals surface area (Å²) in [7, 11) is 0. The smallest absolute Gasteiger partial charge is 0.0815 e. The van der Waals surface area contributed by atoms with Crippen LogP contribution in [0.2, 0.25) is 0 Å². The first-order valence-corrected chi connectivity index (χ1v) is 7.64. The van der Waals surface area contributed by atoms with Crippen molar-refractivity contribution < 1.29 is 4.74 Å². The first-order chi connectivity index (χ1) is 10.4. The predicted octanol–water partition coefficient (Wildman–Crippen LogP) is 2.73. The lowest BCUT2D eigenvalue weighted by Crippen LogP contribution is -2.24. The van der Waals surface area contributed by atoms with E-state index in [1.807, 2.05) is 48.1 Å². The van der Waals surface area contributed by atoms with Gasteiger partial charge in [0.15, 0.2) is 0 Å². The van der Waals surface area contributed by atoms with E-state index >= 15 is 0 Å². The third-order valence-electron chi connectivity index (χ3n) is 3.37. The molecule has 2 rings (SSSR count). The number of benzene rings is 1. The number of rotatable bonds is 9. The van der Waals surface area contributed by atoms with Gasteiger partial charge in [-0.15, -0.1) is 5.10 Å². The highest BCUT2D eigenvalue weighted by Gasteiger charge is 2.16. The van der Waals surface area contributed by atoms with Gasteiger partial charge < -0.3 is 10.1 Å². The van der Waals surface area contributed by atoms with E-state index in [1.165, 1.54) is 0 Å². The van der Waals surface area contributed by atoms with Crippen molar-refractivity contribution in [3.8, 4) is 5.69 Å². The molecule has 0 aliphatic heterocycles. The van der Waals surface area contributed by atoms with E-state index < -0.39 is 0 Å². The number of hydrogen-bond donors (Lipinski definition) is 1. The Hall–Kier alpha value is -1.72. The third kappa shape index (κ3) is 4.37. The third-order valence-corrected chi connectivity index (χ3v) is 3.37. The second kappa shape index (κ2) is 8.54. The van der Waals surface area contributed by atoms with Crippen molar-refractivity contribution in [2.45, 2.75) is 32.7 Å². The Morgan fingerprint density at radius 2 is 2.05 bits per heavy atom. The van der Waals surface area contributed by atoms with Crippen LogP contribution >= 0.6 is 0 Å². The maximum atomic E-state index is 5.43. The van der Waals surface area contributed by atoms with Crippen LogP contribution in [-0.2, 0) is 4.74 Å². The fourth-order valence-electron chi connectivity index (χ4n) is 2.39. The second-order valence-corrected chi connectivity index (χ2v) is 4.86. The normalized spacial score (nSPS) is 12.5. The van der Waals surface area contributed by atoms with Gasteiger partial charge in [-0.2, -0.15) is 0 Å². The van der Waals surface area contributed by atoms with Crippen LogP contribution in [0.25, 0.3) is 5.69 Å². The molecule has 5 heteroatoms. The Labute approximate surface area is 126 Å². The zero-order chi connectivity index (χ0) is 14.9. The summed E-state index contributed by atoms with van der Waals surface area (Å²) in [6.07, 6.45) is 3.88. The zero-order valence-corrected chi connectivity index (χ0v) is 12.8. The lowest BCUT2D eigenvalue weighted by molar-refractivity contribution is 0.140. The summed E-state index contributed by atoms with van der Waals surface area (Å²) in [4.78, 5) is 0. The molecule has 0 bridgehead atoms. The molecule has 0 spiro atoms. The summed E-state index contributed by atoms with van der Waals surface area (Å²) in [5, 5.41) is 11.8. The van der Waals surface area contributed by atoms with Gasteiger partial charge in [-0.25, -0.2) is 4.68 Å². The molecule has 1 N–H and O–H groups in total. The molecule has 0 radical (unpaired) electrons. The zero-order valence-electron chi connectivity index (χ0n) is 12.8. The van der Waals surface area contributed by atoms with Gasteiger partial charge in [0.25, 0.3) is 0 Å². The Bertz CT molecular complexity index is 512. The Morgan fingerprint density at radius 1 is 1.24 bits per heavy atom. The van der Waals surface area contributed by atoms with Gasteiger partial charge in [0.1, 0.15) is 0 Å². The number of ether oxygens (including phenoxy) is 1. The van der Waals surface area contributed by atoms with Crippen molar-refractivity contribution in [3.63, 3.8) is 0 Å². The molecule has 0 fully saturated rings. The molecule has 1 heterocycles. The van der Waals surface area contributed by atoms with E-state index in [9.17, 15) is 0 Å². The van der Waals surface area contributed by atoms with Crippen molar-refractivity contribution in [1.29, 1.82) is 0 Å². The van der Waals surface area contributed by atoms with Gasteiger partial charge in [0.05, 0.1) is 23.6 Å². The summed E-state index contributed by atoms with van der Waals surface area (Å²) >= 11 is 0. The monoisotopic (exact) mass is 288 g/mol. The molecule has 1 aromatic heterocycles. The van der Waals surface area contributed by atoms with Crippen molar-refractivity contribution in [3.05, 3.63) is 42.2 Å². The van der Waals surface area contributed by atoms with Crippen LogP contribution in [0.1, 0.15) is 38.4 Å². The van der Waals surface area contributed by atoms with Crippen LogP contribution < -0.4 is 5.32 Å². The van der Waals surface area contributed by atoms with E-state index in [-0.39, 0.29) is 6.04 Å². The minimum atomic E-state index is 0.241. The molecule has 1 aromatic carbocycles. The highest BCUT2D eigenvalue weighted by molar-refractivity contribution is 5.32. The van der Waals surface area contributed by atoms with Gasteiger partial charge in [0, 0.05) is 13.2 Å². The van der Waals surface area contributed by atoms with Gasteiger partial charge in [-0.05, 0) is 38.4 Å². The fourth-order valence-corrected chi connectivity index (χ4v) is 2.39. The Morgan fingerprint density at radius 3 is 2.76 bits per heavy atom. The molecule has 0 amide bonds. The lowest BCUT2D eigenvalue weighted by atomic mass is 10.1. The molecule has 114 valence electrons. The van der Waals surface area contributed by atoms with Gasteiger partial charge in [0.2, 0.25) is 0 Å². The largest absolute Gasteiger partial charge is 0.382 e. The molecule has 0 saturated carbocycles. The molecule has 2 aromatic rings. The molecule has 5 nitrogen and oxygen atoms in total. The van der Waals surface area contributed by atoms with E-state index in [2.05, 4.69) is 22.6 Å². The number of nitrogens with one attached hydrogen (secondary N) is 1. The SMILES string of the molecule is CCNC(CCCOCC)c1cnnn1-c1ccccc1. The van der Waals surface area contributed by atoms with E-state index in [1.54, 1.807) is 0 Å². The summed E-state index contributed by atoms with van der Waals surface area (Å²) < 4.78 is 7.34. The first-order valence-electron chi connectivity index (χ1n) is 7.64. The maximum Gasteiger partial charge on any atom is 0.0815 e. The van der Waals surface area contributed by atoms with Crippen molar-refractivity contribution in [2.24, 2.45) is 0 Å². The topological polar surface area (TPSA) is 52.0 Å². The minimum Gasteiger partial charge on any atom is -0.382 e. The van der Waals surface area contributed by atoms with Crippen LogP contribution in [-0.4, -0.2) is 34.8 Å². The standard InChI is InChI=1S/C16H24N4O/c1-3-17-15(11-8-12-21-4-2)16-13-18-19-20(16)14-9-6-5-7-10-14/h5-7,9-10,13,15,17H,3-4,8,11-12H2,1-2H3. The summed E-state index contributed by atoms with van der Waals surface area (Å²) in [5.74, 6) is 0. The summed E-state index contributed by atoms with van der Waals surface area (Å²) in [6.45, 7) is 6.63. The number of hydrogen-bond acceptors (Lipinski definition) is 4. The van der Waals surface area contributed by atoms with Crippen LogP contribution in [0.15, 0.2) is 36.5 Å². The van der Waals surface area contributed by atoms with E-state index in [0.29, 0.717) is 0 Å². The maximum absolute atomic E-state index is 5.43. The predicted molar refractivity (Wildman–Crippen MR) is 83.5 cm³/mol. The number of nitrogens with zero attached hydrogens (tertiary/aromatic N) is 3. The van der Waals surface area contributed by atoms with Crippen LogP contribution in [0.4, 0.5) is 0 Å². The molecular weight excluding hydrogens is 264 g/mol. The summed E-state index contributed by atoms with van der Waals surface area (Å²) in [5.41, 5.74) is 2.14. The van der Waals surface area contributed by atoms with Crippen molar-refractivity contribution in [2.75, 3.05) is 19.8 Å². The molecule has 0 aliphatic rings. The number of aromatic nitrogens is 3. The first kappa shape index (κ1) is 15.7. The average molecular weight is 288 g/mol. The lowest BCUT2D eigenvalue weighted by Gasteiger charge is -2.18. The van der Waals surface area contributed by atoms with E-state index in [0.717, 1.165) is 44.0 Å². The van der Waals surface area contributed by atoms with Crippen LogP contribution in [0.5, 0.6) is 0 Å². The Balaban J connectivity index is 2.11. The quantitative estimate of drug-likeness (QED) is 0.721. The fraction of sp³-hybridized carbons (Fsp3) is 0.500. The molecule has 1 atom stereocenters. The molecule has 21 heavy (non-hydrogen) atoms. The van der Waals surface area contributed by atoms with Crippen LogP contribution in [0.3, 0.4) is 0 Å². The van der Waals surface area contributed by atoms with Gasteiger partial charge in [-0.1, -0.05) is 30.3 Å². The molecule has 0 aliphatic carbocycles. The minimum absolute atomic E-state index is 0.241. The number of para-hydroxylation sites is 1. The van der Waals surface area contributed by atoms with Gasteiger partial charge in [-0.3, -0.25) is 0 Å². The average Bonchev–Trinajstić information content (AvgIpc) is 3.01. The highest BCUT2D eigenvalue weighted by atomic mass is 16.5. The summed E-state index contributed by atoms with van der Waals surface area (Å²) in [6, 6.07) is 10.4. The van der Waals surface area contributed by atoms with E-state index in [4.69, 9.17) is 4.74 Å². The highest BCUT2D eigenvalue weighted by Crippen LogP contribution is 2.20. The van der Waals surface area contributed by atoms with Crippen LogP contribution in [0, 0.1) is 0 Å². The van der Waals surface area contributed by atoms with Crippen molar-refractivity contribution >= 4 is 0 Å². The Kier molecular flexibility index (Phi) is 6.37. The molecule has 1 unspecified atom stereocenters.